The monoisotopic (exact) mass is 510 g/mol. The highest BCUT2D eigenvalue weighted by Gasteiger charge is 2.28. The number of amides is 2. The minimum atomic E-state index is -0.428. The summed E-state index contributed by atoms with van der Waals surface area (Å²) in [5.41, 5.74) is 5.38. The zero-order valence-corrected chi connectivity index (χ0v) is 23.4. The molecule has 1 atom stereocenters. The van der Waals surface area contributed by atoms with Gasteiger partial charge in [-0.25, -0.2) is 9.78 Å². The van der Waals surface area contributed by atoms with Gasteiger partial charge in [0.25, 0.3) is 5.56 Å². The van der Waals surface area contributed by atoms with Gasteiger partial charge in [-0.1, -0.05) is 82.6 Å². The molecule has 0 saturated carbocycles. The second-order valence-corrected chi connectivity index (χ2v) is 10.5. The van der Waals surface area contributed by atoms with Crippen molar-refractivity contribution in [3.05, 3.63) is 99.6 Å². The minimum absolute atomic E-state index is 0.144. The molecule has 1 heterocycles. The van der Waals surface area contributed by atoms with Crippen LogP contribution in [0.2, 0.25) is 0 Å². The highest BCUT2D eigenvalue weighted by atomic mass is 16.2. The first-order chi connectivity index (χ1) is 18.1. The van der Waals surface area contributed by atoms with Crippen LogP contribution >= 0.6 is 0 Å². The Morgan fingerprint density at radius 1 is 0.921 bits per heavy atom. The van der Waals surface area contributed by atoms with Crippen molar-refractivity contribution < 1.29 is 4.79 Å². The van der Waals surface area contributed by atoms with Crippen molar-refractivity contribution in [2.75, 3.05) is 12.4 Å². The Morgan fingerprint density at radius 2 is 1.53 bits per heavy atom. The number of urea groups is 1. The van der Waals surface area contributed by atoms with Gasteiger partial charge in [-0.05, 0) is 60.6 Å². The molecule has 0 bridgehead atoms. The van der Waals surface area contributed by atoms with Crippen LogP contribution in [0.25, 0.3) is 16.6 Å². The third-order valence-electron chi connectivity index (χ3n) is 7.17. The van der Waals surface area contributed by atoms with E-state index in [1.165, 1.54) is 0 Å². The van der Waals surface area contributed by atoms with E-state index in [0.29, 0.717) is 23.1 Å². The summed E-state index contributed by atoms with van der Waals surface area (Å²) in [6.07, 6.45) is 0.587. The van der Waals surface area contributed by atoms with Crippen molar-refractivity contribution in [1.29, 1.82) is 0 Å². The van der Waals surface area contributed by atoms with E-state index in [2.05, 4.69) is 51.2 Å². The summed E-state index contributed by atoms with van der Waals surface area (Å²) in [4.78, 5) is 34.2. The summed E-state index contributed by atoms with van der Waals surface area (Å²) in [5.74, 6) is 1.05. The zero-order chi connectivity index (χ0) is 27.6. The lowest BCUT2D eigenvalue weighted by Crippen LogP contribution is -2.38. The van der Waals surface area contributed by atoms with Crippen LogP contribution in [-0.4, -0.2) is 27.5 Å². The van der Waals surface area contributed by atoms with Gasteiger partial charge in [-0.15, -0.1) is 0 Å². The van der Waals surface area contributed by atoms with Crippen molar-refractivity contribution in [3.63, 3.8) is 0 Å². The molecule has 0 aliphatic heterocycles. The number of aromatic nitrogens is 2. The first kappa shape index (κ1) is 27.1. The number of nitrogens with one attached hydrogen (secondary N) is 1. The molecule has 3 aromatic carbocycles. The topological polar surface area (TPSA) is 67.2 Å². The first-order valence-electron chi connectivity index (χ1n) is 13.4. The van der Waals surface area contributed by atoms with Gasteiger partial charge >= 0.3 is 6.03 Å². The lowest BCUT2D eigenvalue weighted by atomic mass is 9.93. The number of aryl methyl sites for hydroxylation is 1. The van der Waals surface area contributed by atoms with Crippen molar-refractivity contribution in [2.24, 2.45) is 0 Å². The van der Waals surface area contributed by atoms with E-state index in [0.717, 1.165) is 28.1 Å². The predicted molar refractivity (Wildman–Crippen MR) is 157 cm³/mol. The molecule has 6 nitrogen and oxygen atoms in total. The Morgan fingerprint density at radius 3 is 2.11 bits per heavy atom. The minimum Gasteiger partial charge on any atom is -0.317 e. The molecule has 6 heteroatoms. The van der Waals surface area contributed by atoms with E-state index in [1.54, 1.807) is 22.6 Å². The normalized spacial score (nSPS) is 12.2. The molecule has 1 N–H and O–H groups in total. The average Bonchev–Trinajstić information content (AvgIpc) is 2.89. The number of hydrogen-bond donors (Lipinski definition) is 1. The van der Waals surface area contributed by atoms with Crippen LogP contribution in [0.1, 0.15) is 81.4 Å². The molecule has 198 valence electrons. The summed E-state index contributed by atoms with van der Waals surface area (Å²) in [6, 6.07) is 20.7. The third kappa shape index (κ3) is 5.21. The second-order valence-electron chi connectivity index (χ2n) is 10.5. The summed E-state index contributed by atoms with van der Waals surface area (Å²) in [6.45, 7) is 12.6. The molecule has 1 aromatic heterocycles. The van der Waals surface area contributed by atoms with E-state index in [1.807, 2.05) is 56.3 Å². The van der Waals surface area contributed by atoms with Crippen LogP contribution in [-0.2, 0) is 0 Å². The van der Waals surface area contributed by atoms with Gasteiger partial charge in [0, 0.05) is 12.7 Å². The molecule has 0 spiro atoms. The maximum atomic E-state index is 13.8. The zero-order valence-electron chi connectivity index (χ0n) is 23.4. The van der Waals surface area contributed by atoms with Crippen molar-refractivity contribution in [2.45, 2.75) is 65.8 Å². The molecule has 2 amide bonds. The third-order valence-corrected chi connectivity index (χ3v) is 7.17. The molecule has 38 heavy (non-hydrogen) atoms. The summed E-state index contributed by atoms with van der Waals surface area (Å²) in [7, 11) is 1.78. The Bertz CT molecular complexity index is 1480. The Hall–Kier alpha value is -3.93. The van der Waals surface area contributed by atoms with Gasteiger partial charge < -0.3 is 10.2 Å². The highest BCUT2D eigenvalue weighted by molar-refractivity contribution is 5.91. The molecule has 4 rings (SSSR count). The van der Waals surface area contributed by atoms with Crippen molar-refractivity contribution >= 4 is 22.6 Å². The number of benzene rings is 3. The fourth-order valence-electron chi connectivity index (χ4n) is 4.98. The van der Waals surface area contributed by atoms with Gasteiger partial charge in [-0.2, -0.15) is 0 Å². The number of para-hydroxylation sites is 2. The molecule has 0 fully saturated rings. The SMILES string of the molecule is CCC(c1nc2ccccc2c(=O)n1-c1ccc(C)cc1)N(C)C(=O)Nc1c(C(C)C)cccc1C(C)C. The smallest absolute Gasteiger partial charge is 0.317 e. The molecule has 1 unspecified atom stereocenters. The number of hydrogen-bond acceptors (Lipinski definition) is 3. The van der Waals surface area contributed by atoms with Crippen LogP contribution in [0.3, 0.4) is 0 Å². The van der Waals surface area contributed by atoms with Crippen molar-refractivity contribution in [3.8, 4) is 5.69 Å². The number of fused-ring (bicyclic) bond motifs is 1. The van der Waals surface area contributed by atoms with Crippen molar-refractivity contribution in [1.82, 2.24) is 14.5 Å². The second kappa shape index (κ2) is 11.2. The maximum Gasteiger partial charge on any atom is 0.322 e. The quantitative estimate of drug-likeness (QED) is 0.279. The van der Waals surface area contributed by atoms with E-state index in [9.17, 15) is 9.59 Å². The number of anilines is 1. The highest BCUT2D eigenvalue weighted by Crippen LogP contribution is 2.33. The molecular formula is C32H38N4O2. The van der Waals surface area contributed by atoms with Gasteiger partial charge in [0.2, 0.25) is 0 Å². The van der Waals surface area contributed by atoms with Gasteiger partial charge in [0.05, 0.1) is 22.6 Å². The van der Waals surface area contributed by atoms with Crippen LogP contribution in [0, 0.1) is 6.92 Å². The summed E-state index contributed by atoms with van der Waals surface area (Å²) < 4.78 is 1.65. The average molecular weight is 511 g/mol. The van der Waals surface area contributed by atoms with E-state index in [4.69, 9.17) is 4.98 Å². The molecule has 0 aliphatic carbocycles. The molecule has 0 saturated heterocycles. The van der Waals surface area contributed by atoms with Gasteiger partial charge in [0.15, 0.2) is 0 Å². The fraction of sp³-hybridized carbons (Fsp3) is 0.344. The number of nitrogens with zero attached hydrogens (tertiary/aromatic N) is 3. The summed E-state index contributed by atoms with van der Waals surface area (Å²) >= 11 is 0. The lowest BCUT2D eigenvalue weighted by molar-refractivity contribution is 0.199. The Kier molecular flexibility index (Phi) is 8.00. The van der Waals surface area contributed by atoms with Crippen LogP contribution in [0.4, 0.5) is 10.5 Å². The first-order valence-corrected chi connectivity index (χ1v) is 13.4. The van der Waals surface area contributed by atoms with Crippen LogP contribution < -0.4 is 10.9 Å². The number of carbonyl (C=O) groups is 1. The predicted octanol–water partition coefficient (Wildman–Crippen LogP) is 7.56. The van der Waals surface area contributed by atoms with E-state index >= 15 is 0 Å². The molecule has 0 radical (unpaired) electrons. The fourth-order valence-corrected chi connectivity index (χ4v) is 4.98. The van der Waals surface area contributed by atoms with E-state index < -0.39 is 6.04 Å². The maximum absolute atomic E-state index is 13.8. The Labute approximate surface area is 225 Å². The molecule has 4 aromatic rings. The van der Waals surface area contributed by atoms with Crippen LogP contribution in [0.15, 0.2) is 71.5 Å². The van der Waals surface area contributed by atoms with Gasteiger partial charge in [0.1, 0.15) is 5.82 Å². The van der Waals surface area contributed by atoms with E-state index in [-0.39, 0.29) is 23.4 Å². The lowest BCUT2D eigenvalue weighted by Gasteiger charge is -2.30. The largest absolute Gasteiger partial charge is 0.322 e. The number of rotatable bonds is 7. The van der Waals surface area contributed by atoms with Gasteiger partial charge in [-0.3, -0.25) is 9.36 Å². The Balaban J connectivity index is 1.82. The standard InChI is InChI=1S/C32H38N4O2/c1-8-28(35(7)32(38)34-29-24(20(2)3)13-11-14-25(29)21(4)5)30-33-27-15-10-9-12-26(27)31(37)36(30)23-18-16-22(6)17-19-23/h9-21,28H,8H2,1-7H3,(H,34,38). The summed E-state index contributed by atoms with van der Waals surface area (Å²) in [5, 5.41) is 3.76. The number of carbonyl (C=O) groups excluding carboxylic acids is 1. The molecular weight excluding hydrogens is 472 g/mol. The van der Waals surface area contributed by atoms with Crippen LogP contribution in [0.5, 0.6) is 0 Å². The molecule has 0 aliphatic rings.